The molecule has 88 valence electrons. The molecule has 0 N–H and O–H groups in total. The number of halogens is 4. The largest absolute Gasteiger partial charge is 0.207 e. The maximum atomic E-state index is 13.1. The van der Waals surface area contributed by atoms with Crippen molar-refractivity contribution in [3.05, 3.63) is 69.7 Å². The molecule has 0 radical (unpaired) electrons. The van der Waals surface area contributed by atoms with Gasteiger partial charge in [0.2, 0.25) is 0 Å². The van der Waals surface area contributed by atoms with Crippen LogP contribution in [0.2, 0.25) is 0 Å². The number of alkyl halides is 1. The Bertz CT molecular complexity index is 543. The predicted molar refractivity (Wildman–Crippen MR) is 68.2 cm³/mol. The predicted octanol–water partition coefficient (Wildman–Crippen LogP) is 5.06. The van der Waals surface area contributed by atoms with E-state index in [0.717, 1.165) is 0 Å². The lowest BCUT2D eigenvalue weighted by Crippen LogP contribution is -1.94. The van der Waals surface area contributed by atoms with Crippen LogP contribution in [0, 0.1) is 11.6 Å². The van der Waals surface area contributed by atoms with Gasteiger partial charge in [0.1, 0.15) is 11.6 Å². The lowest BCUT2D eigenvalue weighted by Gasteiger charge is -2.11. The van der Waals surface area contributed by atoms with E-state index in [4.69, 9.17) is 11.6 Å². The molecule has 4 heteroatoms. The third-order valence-corrected chi connectivity index (χ3v) is 3.49. The number of benzene rings is 2. The van der Waals surface area contributed by atoms with Gasteiger partial charge in [-0.2, -0.15) is 0 Å². The minimum absolute atomic E-state index is 0.339. The van der Waals surface area contributed by atoms with Crippen LogP contribution in [0.25, 0.3) is 0 Å². The standard InChI is InChI=1S/C13H8BrClF2/c14-11-7-9(4-5-12(11)17)13(15)8-2-1-3-10(16)6-8/h1-7,13H. The number of hydrogen-bond acceptors (Lipinski definition) is 0. The topological polar surface area (TPSA) is 0 Å². The van der Waals surface area contributed by atoms with Crippen LogP contribution in [0.3, 0.4) is 0 Å². The van der Waals surface area contributed by atoms with E-state index >= 15 is 0 Å². The smallest absolute Gasteiger partial charge is 0.137 e. The van der Waals surface area contributed by atoms with Gasteiger partial charge >= 0.3 is 0 Å². The second kappa shape index (κ2) is 5.15. The summed E-state index contributed by atoms with van der Waals surface area (Å²) in [6.45, 7) is 0. The fraction of sp³-hybridized carbons (Fsp3) is 0.0769. The molecule has 0 saturated carbocycles. The van der Waals surface area contributed by atoms with Crippen molar-refractivity contribution < 1.29 is 8.78 Å². The van der Waals surface area contributed by atoms with Gasteiger partial charge in [-0.25, -0.2) is 8.78 Å². The van der Waals surface area contributed by atoms with E-state index in [1.807, 2.05) is 0 Å². The molecular weight excluding hydrogens is 309 g/mol. The Balaban J connectivity index is 2.36. The van der Waals surface area contributed by atoms with Crippen molar-refractivity contribution in [1.29, 1.82) is 0 Å². The second-order valence-electron chi connectivity index (χ2n) is 3.59. The van der Waals surface area contributed by atoms with Crippen molar-refractivity contribution in [3.63, 3.8) is 0 Å². The SMILES string of the molecule is Fc1cccc(C(Cl)c2ccc(F)c(Br)c2)c1. The van der Waals surface area contributed by atoms with Gasteiger partial charge < -0.3 is 0 Å². The van der Waals surface area contributed by atoms with E-state index in [2.05, 4.69) is 15.9 Å². The van der Waals surface area contributed by atoms with Crippen molar-refractivity contribution in [3.8, 4) is 0 Å². The van der Waals surface area contributed by atoms with Gasteiger partial charge in [0, 0.05) is 0 Å². The molecule has 0 aromatic heterocycles. The van der Waals surface area contributed by atoms with Crippen LogP contribution >= 0.6 is 27.5 Å². The molecule has 2 rings (SSSR count). The van der Waals surface area contributed by atoms with Crippen molar-refractivity contribution >= 4 is 27.5 Å². The lowest BCUT2D eigenvalue weighted by atomic mass is 10.0. The van der Waals surface area contributed by atoms with Crippen LogP contribution in [0.4, 0.5) is 8.78 Å². The molecule has 0 aliphatic carbocycles. The third-order valence-electron chi connectivity index (χ3n) is 2.38. The summed E-state index contributed by atoms with van der Waals surface area (Å²) in [6, 6.07) is 10.6. The Morgan fingerprint density at radius 2 is 1.71 bits per heavy atom. The molecule has 1 atom stereocenters. The normalized spacial score (nSPS) is 12.5. The van der Waals surface area contributed by atoms with Gasteiger partial charge in [0.25, 0.3) is 0 Å². The highest BCUT2D eigenvalue weighted by Crippen LogP contribution is 2.31. The summed E-state index contributed by atoms with van der Waals surface area (Å²) in [5.74, 6) is -0.689. The maximum Gasteiger partial charge on any atom is 0.137 e. The van der Waals surface area contributed by atoms with E-state index in [1.165, 1.54) is 18.2 Å². The molecular formula is C13H8BrClF2. The fourth-order valence-corrected chi connectivity index (χ4v) is 2.19. The molecule has 0 spiro atoms. The van der Waals surface area contributed by atoms with E-state index in [0.29, 0.717) is 15.6 Å². The summed E-state index contributed by atoms with van der Waals surface area (Å²) in [7, 11) is 0. The summed E-state index contributed by atoms with van der Waals surface area (Å²) in [6.07, 6.45) is 0. The summed E-state index contributed by atoms with van der Waals surface area (Å²) in [5, 5.41) is -0.498. The Hall–Kier alpha value is -0.930. The molecule has 0 saturated heterocycles. The lowest BCUT2D eigenvalue weighted by molar-refractivity contribution is 0.619. The molecule has 0 amide bonds. The van der Waals surface area contributed by atoms with Crippen LogP contribution in [-0.4, -0.2) is 0 Å². The first kappa shape index (κ1) is 12.5. The minimum atomic E-state index is -0.498. The van der Waals surface area contributed by atoms with Crippen LogP contribution < -0.4 is 0 Å². The monoisotopic (exact) mass is 316 g/mol. The maximum absolute atomic E-state index is 13.1. The van der Waals surface area contributed by atoms with Crippen LogP contribution in [0.5, 0.6) is 0 Å². The molecule has 1 unspecified atom stereocenters. The highest BCUT2D eigenvalue weighted by molar-refractivity contribution is 9.10. The molecule has 0 aliphatic rings. The second-order valence-corrected chi connectivity index (χ2v) is 4.88. The first-order valence-corrected chi connectivity index (χ1v) is 6.15. The van der Waals surface area contributed by atoms with Crippen LogP contribution in [0.1, 0.15) is 16.5 Å². The molecule has 0 bridgehead atoms. The Kier molecular flexibility index (Phi) is 3.79. The minimum Gasteiger partial charge on any atom is -0.207 e. The van der Waals surface area contributed by atoms with E-state index in [-0.39, 0.29) is 11.6 Å². The summed E-state index contributed by atoms with van der Waals surface area (Å²) in [4.78, 5) is 0. The van der Waals surface area contributed by atoms with Crippen molar-refractivity contribution in [1.82, 2.24) is 0 Å². The first-order chi connectivity index (χ1) is 8.08. The number of rotatable bonds is 2. The van der Waals surface area contributed by atoms with Gasteiger partial charge in [-0.3, -0.25) is 0 Å². The summed E-state index contributed by atoms with van der Waals surface area (Å²) >= 11 is 9.31. The molecule has 17 heavy (non-hydrogen) atoms. The Labute approximate surface area is 111 Å². The van der Waals surface area contributed by atoms with Crippen molar-refractivity contribution in [2.45, 2.75) is 5.38 Å². The fourth-order valence-electron chi connectivity index (χ4n) is 1.53. The van der Waals surface area contributed by atoms with Gasteiger partial charge in [-0.05, 0) is 51.3 Å². The average Bonchev–Trinajstić information content (AvgIpc) is 2.32. The van der Waals surface area contributed by atoms with Crippen molar-refractivity contribution in [2.24, 2.45) is 0 Å². The molecule has 0 nitrogen and oxygen atoms in total. The van der Waals surface area contributed by atoms with Crippen molar-refractivity contribution in [2.75, 3.05) is 0 Å². The third kappa shape index (κ3) is 2.85. The molecule has 0 aliphatic heterocycles. The van der Waals surface area contributed by atoms with E-state index in [1.54, 1.807) is 24.3 Å². The zero-order valence-electron chi connectivity index (χ0n) is 8.63. The zero-order valence-corrected chi connectivity index (χ0v) is 11.0. The Morgan fingerprint density at radius 1 is 1.00 bits per heavy atom. The van der Waals surface area contributed by atoms with Gasteiger partial charge in [0.15, 0.2) is 0 Å². The average molecular weight is 318 g/mol. The van der Waals surface area contributed by atoms with Gasteiger partial charge in [-0.15, -0.1) is 11.6 Å². The van der Waals surface area contributed by atoms with E-state index in [9.17, 15) is 8.78 Å². The summed E-state index contributed by atoms with van der Waals surface area (Å²) in [5.41, 5.74) is 1.36. The van der Waals surface area contributed by atoms with E-state index < -0.39 is 5.38 Å². The highest BCUT2D eigenvalue weighted by atomic mass is 79.9. The Morgan fingerprint density at radius 3 is 2.35 bits per heavy atom. The highest BCUT2D eigenvalue weighted by Gasteiger charge is 2.12. The molecule has 0 heterocycles. The zero-order chi connectivity index (χ0) is 12.4. The quantitative estimate of drug-likeness (QED) is 0.680. The number of hydrogen-bond donors (Lipinski definition) is 0. The molecule has 2 aromatic rings. The van der Waals surface area contributed by atoms with Crippen LogP contribution in [0.15, 0.2) is 46.9 Å². The van der Waals surface area contributed by atoms with Gasteiger partial charge in [0.05, 0.1) is 9.85 Å². The molecule has 0 fully saturated rings. The molecule has 2 aromatic carbocycles. The summed E-state index contributed by atoms with van der Waals surface area (Å²) < 4.78 is 26.5. The first-order valence-electron chi connectivity index (χ1n) is 4.92. The van der Waals surface area contributed by atoms with Gasteiger partial charge in [-0.1, -0.05) is 18.2 Å². The van der Waals surface area contributed by atoms with Crippen LogP contribution in [-0.2, 0) is 0 Å².